The van der Waals surface area contributed by atoms with E-state index >= 15 is 0 Å². The molecule has 2 aromatic rings. The second-order valence-electron chi connectivity index (χ2n) is 4.04. The summed E-state index contributed by atoms with van der Waals surface area (Å²) in [6.45, 7) is 0.481. The standard InChI is InChI=1S/C14H10F4/c1-8-2-3-10(12(16)4-8)9-5-13(17)11(7-15)14(18)6-9/h2-6H,7H2,1H3. The van der Waals surface area contributed by atoms with Gasteiger partial charge in [0.05, 0.1) is 5.56 Å². The summed E-state index contributed by atoms with van der Waals surface area (Å²) in [5.74, 6) is -2.58. The summed E-state index contributed by atoms with van der Waals surface area (Å²) in [5, 5.41) is 0. The molecular weight excluding hydrogens is 244 g/mol. The Labute approximate surface area is 102 Å². The minimum Gasteiger partial charge on any atom is -0.246 e. The van der Waals surface area contributed by atoms with Crippen molar-refractivity contribution in [2.24, 2.45) is 0 Å². The first-order chi connectivity index (χ1) is 8.52. The van der Waals surface area contributed by atoms with E-state index in [9.17, 15) is 17.6 Å². The summed E-state index contributed by atoms with van der Waals surface area (Å²) in [6.07, 6.45) is 0. The van der Waals surface area contributed by atoms with Crippen LogP contribution in [0.15, 0.2) is 30.3 Å². The molecule has 0 spiro atoms. The van der Waals surface area contributed by atoms with Gasteiger partial charge in [-0.05, 0) is 36.2 Å². The molecule has 0 amide bonds. The van der Waals surface area contributed by atoms with Crippen LogP contribution in [0.25, 0.3) is 11.1 Å². The highest BCUT2D eigenvalue weighted by molar-refractivity contribution is 5.65. The van der Waals surface area contributed by atoms with Crippen LogP contribution in [-0.4, -0.2) is 0 Å². The molecule has 4 heteroatoms. The van der Waals surface area contributed by atoms with Crippen LogP contribution in [0.3, 0.4) is 0 Å². The second-order valence-corrected chi connectivity index (χ2v) is 4.04. The molecule has 0 atom stereocenters. The SMILES string of the molecule is Cc1ccc(-c2cc(F)c(CF)c(F)c2)c(F)c1. The summed E-state index contributed by atoms with van der Waals surface area (Å²) in [6, 6.07) is 6.22. The van der Waals surface area contributed by atoms with Crippen molar-refractivity contribution in [3.8, 4) is 11.1 Å². The second kappa shape index (κ2) is 4.80. The third kappa shape index (κ3) is 2.23. The highest BCUT2D eigenvalue weighted by Gasteiger charge is 2.13. The molecule has 0 aliphatic carbocycles. The van der Waals surface area contributed by atoms with Gasteiger partial charge in [-0.1, -0.05) is 12.1 Å². The molecule has 0 nitrogen and oxygen atoms in total. The molecule has 0 fully saturated rings. The Kier molecular flexibility index (Phi) is 3.36. The normalized spacial score (nSPS) is 10.7. The maximum atomic E-state index is 13.7. The smallest absolute Gasteiger partial charge is 0.132 e. The van der Waals surface area contributed by atoms with Crippen LogP contribution in [0.4, 0.5) is 17.6 Å². The lowest BCUT2D eigenvalue weighted by Gasteiger charge is -2.07. The van der Waals surface area contributed by atoms with E-state index in [4.69, 9.17) is 0 Å². The number of hydrogen-bond donors (Lipinski definition) is 0. The van der Waals surface area contributed by atoms with Crippen molar-refractivity contribution >= 4 is 0 Å². The van der Waals surface area contributed by atoms with Crippen LogP contribution in [0.5, 0.6) is 0 Å². The topological polar surface area (TPSA) is 0 Å². The zero-order valence-electron chi connectivity index (χ0n) is 9.61. The van der Waals surface area contributed by atoms with Crippen molar-refractivity contribution in [2.75, 3.05) is 0 Å². The average Bonchev–Trinajstić information content (AvgIpc) is 2.28. The van der Waals surface area contributed by atoms with E-state index in [0.29, 0.717) is 5.56 Å². The zero-order chi connectivity index (χ0) is 13.3. The van der Waals surface area contributed by atoms with Crippen LogP contribution < -0.4 is 0 Å². The molecule has 0 aliphatic rings. The average molecular weight is 254 g/mol. The molecule has 0 N–H and O–H groups in total. The van der Waals surface area contributed by atoms with E-state index in [2.05, 4.69) is 0 Å². The van der Waals surface area contributed by atoms with Gasteiger partial charge in [-0.3, -0.25) is 0 Å². The van der Waals surface area contributed by atoms with E-state index in [-0.39, 0.29) is 11.1 Å². The van der Waals surface area contributed by atoms with Gasteiger partial charge in [0, 0.05) is 5.56 Å². The third-order valence-electron chi connectivity index (χ3n) is 2.71. The Morgan fingerprint density at radius 2 is 1.50 bits per heavy atom. The fourth-order valence-corrected chi connectivity index (χ4v) is 1.74. The molecule has 0 saturated carbocycles. The summed E-state index contributed by atoms with van der Waals surface area (Å²) in [4.78, 5) is 0. The minimum absolute atomic E-state index is 0.0553. The first kappa shape index (κ1) is 12.6. The first-order valence-electron chi connectivity index (χ1n) is 5.33. The van der Waals surface area contributed by atoms with Gasteiger partial charge in [-0.25, -0.2) is 17.6 Å². The van der Waals surface area contributed by atoms with Crippen LogP contribution in [0, 0.1) is 24.4 Å². The minimum atomic E-state index is -1.23. The van der Waals surface area contributed by atoms with Gasteiger partial charge in [0.25, 0.3) is 0 Å². The van der Waals surface area contributed by atoms with E-state index < -0.39 is 29.7 Å². The third-order valence-corrected chi connectivity index (χ3v) is 2.71. The Morgan fingerprint density at radius 3 is 2.00 bits per heavy atom. The Hall–Kier alpha value is -1.84. The quantitative estimate of drug-likeness (QED) is 0.690. The molecule has 0 unspecified atom stereocenters. The number of benzene rings is 2. The van der Waals surface area contributed by atoms with Gasteiger partial charge in [0.15, 0.2) is 0 Å². The monoisotopic (exact) mass is 254 g/mol. The Morgan fingerprint density at radius 1 is 0.889 bits per heavy atom. The largest absolute Gasteiger partial charge is 0.246 e. The summed E-state index contributed by atoms with van der Waals surface area (Å²) in [7, 11) is 0. The van der Waals surface area contributed by atoms with Gasteiger partial charge in [0.1, 0.15) is 24.1 Å². The fraction of sp³-hybridized carbons (Fsp3) is 0.143. The van der Waals surface area contributed by atoms with E-state index in [0.717, 1.165) is 12.1 Å². The lowest BCUT2D eigenvalue weighted by atomic mass is 10.0. The van der Waals surface area contributed by atoms with Crippen LogP contribution >= 0.6 is 0 Å². The predicted molar refractivity (Wildman–Crippen MR) is 61.3 cm³/mol. The Bertz CT molecular complexity index is 567. The van der Waals surface area contributed by atoms with E-state index in [1.165, 1.54) is 12.1 Å². The molecule has 94 valence electrons. The molecule has 2 rings (SSSR count). The fourth-order valence-electron chi connectivity index (χ4n) is 1.74. The van der Waals surface area contributed by atoms with Crippen molar-refractivity contribution in [1.29, 1.82) is 0 Å². The number of rotatable bonds is 2. The van der Waals surface area contributed by atoms with Gasteiger partial charge in [-0.2, -0.15) is 0 Å². The van der Waals surface area contributed by atoms with Crippen LogP contribution in [0.2, 0.25) is 0 Å². The molecule has 0 heterocycles. The molecule has 18 heavy (non-hydrogen) atoms. The van der Waals surface area contributed by atoms with E-state index in [1.807, 2.05) is 0 Å². The van der Waals surface area contributed by atoms with Crippen molar-refractivity contribution in [1.82, 2.24) is 0 Å². The van der Waals surface area contributed by atoms with Crippen molar-refractivity contribution in [2.45, 2.75) is 13.6 Å². The van der Waals surface area contributed by atoms with Gasteiger partial charge in [0.2, 0.25) is 0 Å². The number of alkyl halides is 1. The maximum absolute atomic E-state index is 13.7. The molecular formula is C14H10F4. The maximum Gasteiger partial charge on any atom is 0.132 e. The molecule has 0 saturated heterocycles. The molecule has 0 radical (unpaired) electrons. The Balaban J connectivity index is 2.58. The summed E-state index contributed by atoms with van der Waals surface area (Å²) in [5.41, 5.74) is 0.215. The van der Waals surface area contributed by atoms with Gasteiger partial charge >= 0.3 is 0 Å². The van der Waals surface area contributed by atoms with Crippen LogP contribution in [0.1, 0.15) is 11.1 Å². The molecule has 0 bridgehead atoms. The molecule has 2 aromatic carbocycles. The van der Waals surface area contributed by atoms with Crippen LogP contribution in [-0.2, 0) is 6.67 Å². The summed E-state index contributed by atoms with van der Waals surface area (Å²) < 4.78 is 52.8. The lowest BCUT2D eigenvalue weighted by Crippen LogP contribution is -1.95. The zero-order valence-corrected chi connectivity index (χ0v) is 9.61. The highest BCUT2D eigenvalue weighted by atomic mass is 19.1. The molecule has 0 aromatic heterocycles. The number of halogens is 4. The van der Waals surface area contributed by atoms with Crippen molar-refractivity contribution < 1.29 is 17.6 Å². The van der Waals surface area contributed by atoms with Crippen molar-refractivity contribution in [3.05, 3.63) is 58.9 Å². The molecule has 0 aliphatic heterocycles. The first-order valence-corrected chi connectivity index (χ1v) is 5.33. The lowest BCUT2D eigenvalue weighted by molar-refractivity contribution is 0.440. The van der Waals surface area contributed by atoms with E-state index in [1.54, 1.807) is 13.0 Å². The number of hydrogen-bond acceptors (Lipinski definition) is 0. The van der Waals surface area contributed by atoms with Crippen molar-refractivity contribution in [3.63, 3.8) is 0 Å². The predicted octanol–water partition coefficient (Wildman–Crippen LogP) is 4.55. The number of aryl methyl sites for hydroxylation is 1. The van der Waals surface area contributed by atoms with Gasteiger partial charge in [-0.15, -0.1) is 0 Å². The summed E-state index contributed by atoms with van der Waals surface area (Å²) >= 11 is 0. The highest BCUT2D eigenvalue weighted by Crippen LogP contribution is 2.27. The van der Waals surface area contributed by atoms with Gasteiger partial charge < -0.3 is 0 Å².